The van der Waals surface area contributed by atoms with Gasteiger partial charge in [0.1, 0.15) is 11.7 Å². The van der Waals surface area contributed by atoms with E-state index in [1.807, 2.05) is 43.1 Å². The second kappa shape index (κ2) is 5.74. The summed E-state index contributed by atoms with van der Waals surface area (Å²) in [5.41, 5.74) is 8.79. The average molecular weight is 271 g/mol. The predicted octanol–water partition coefficient (Wildman–Crippen LogP) is 3.05. The molecule has 0 amide bonds. The number of para-hydroxylation sites is 1. The Kier molecular flexibility index (Phi) is 4.03. The van der Waals surface area contributed by atoms with Gasteiger partial charge in [0.25, 0.3) is 0 Å². The highest BCUT2D eigenvalue weighted by molar-refractivity contribution is 6.01. The Bertz CT molecular complexity index is 637. The zero-order valence-electron chi connectivity index (χ0n) is 11.7. The summed E-state index contributed by atoms with van der Waals surface area (Å²) in [5, 5.41) is 7.67. The van der Waals surface area contributed by atoms with Crippen LogP contribution in [-0.2, 0) is 6.54 Å². The van der Waals surface area contributed by atoms with E-state index in [0.717, 1.165) is 11.3 Å². The molecule has 0 aliphatic heterocycles. The summed E-state index contributed by atoms with van der Waals surface area (Å²) in [6.45, 7) is 2.39. The van der Waals surface area contributed by atoms with Crippen molar-refractivity contribution in [1.29, 1.82) is 5.41 Å². The van der Waals surface area contributed by atoms with Gasteiger partial charge in [-0.05, 0) is 24.6 Å². The lowest BCUT2D eigenvalue weighted by molar-refractivity contribution is 0.608. The molecule has 20 heavy (non-hydrogen) atoms. The first-order chi connectivity index (χ1) is 9.50. The molecule has 0 aromatic heterocycles. The van der Waals surface area contributed by atoms with Gasteiger partial charge in [0.05, 0.1) is 5.69 Å². The van der Waals surface area contributed by atoms with E-state index in [1.54, 1.807) is 12.1 Å². The molecular formula is C16H18FN3. The maximum Gasteiger partial charge on any atom is 0.128 e. The van der Waals surface area contributed by atoms with Crippen LogP contribution in [-0.4, -0.2) is 12.9 Å². The Balaban J connectivity index is 2.37. The molecular weight excluding hydrogens is 253 g/mol. The van der Waals surface area contributed by atoms with Crippen molar-refractivity contribution in [2.75, 3.05) is 11.9 Å². The highest BCUT2D eigenvalue weighted by Gasteiger charge is 2.14. The van der Waals surface area contributed by atoms with Crippen LogP contribution in [0.25, 0.3) is 0 Å². The molecule has 0 bridgehead atoms. The highest BCUT2D eigenvalue weighted by Crippen LogP contribution is 2.25. The Morgan fingerprint density at radius 1 is 1.20 bits per heavy atom. The van der Waals surface area contributed by atoms with E-state index in [1.165, 1.54) is 6.07 Å². The number of amidine groups is 1. The van der Waals surface area contributed by atoms with Gasteiger partial charge in [-0.1, -0.05) is 30.3 Å². The van der Waals surface area contributed by atoms with E-state index in [4.69, 9.17) is 11.1 Å². The van der Waals surface area contributed by atoms with Gasteiger partial charge in [0.2, 0.25) is 0 Å². The molecule has 0 aliphatic rings. The number of hydrogen-bond acceptors (Lipinski definition) is 2. The molecule has 2 aromatic rings. The standard InChI is InChI=1S/C16H18FN3/c1-11-6-5-8-13(16(18)19)15(11)20(2)10-12-7-3-4-9-14(12)17/h3-9H,10H2,1-2H3,(H3,18,19). The largest absolute Gasteiger partial charge is 0.384 e. The number of aryl methyl sites for hydroxylation is 1. The topological polar surface area (TPSA) is 53.1 Å². The van der Waals surface area contributed by atoms with E-state index in [-0.39, 0.29) is 11.7 Å². The van der Waals surface area contributed by atoms with Gasteiger partial charge in [-0.25, -0.2) is 4.39 Å². The van der Waals surface area contributed by atoms with E-state index >= 15 is 0 Å². The highest BCUT2D eigenvalue weighted by atomic mass is 19.1. The molecule has 0 saturated carbocycles. The van der Waals surface area contributed by atoms with Crippen LogP contribution in [0, 0.1) is 18.2 Å². The van der Waals surface area contributed by atoms with Crippen LogP contribution in [0.3, 0.4) is 0 Å². The van der Waals surface area contributed by atoms with Crippen molar-refractivity contribution in [2.45, 2.75) is 13.5 Å². The number of nitrogens with zero attached hydrogens (tertiary/aromatic N) is 1. The summed E-state index contributed by atoms with van der Waals surface area (Å²) in [6, 6.07) is 12.3. The second-order valence-electron chi connectivity index (χ2n) is 4.83. The lowest BCUT2D eigenvalue weighted by atomic mass is 10.1. The number of nitrogens with two attached hydrogens (primary N) is 1. The van der Waals surface area contributed by atoms with E-state index in [2.05, 4.69) is 0 Å². The van der Waals surface area contributed by atoms with Crippen LogP contribution >= 0.6 is 0 Å². The van der Waals surface area contributed by atoms with Gasteiger partial charge in [-0.15, -0.1) is 0 Å². The number of hydrogen-bond donors (Lipinski definition) is 2. The van der Waals surface area contributed by atoms with Crippen molar-refractivity contribution in [3.63, 3.8) is 0 Å². The SMILES string of the molecule is Cc1cccc(C(=N)N)c1N(C)Cc1ccccc1F. The lowest BCUT2D eigenvalue weighted by Crippen LogP contribution is -2.23. The normalized spacial score (nSPS) is 10.3. The van der Waals surface area contributed by atoms with Crippen LogP contribution in [0.2, 0.25) is 0 Å². The summed E-state index contributed by atoms with van der Waals surface area (Å²) in [6.07, 6.45) is 0. The summed E-state index contributed by atoms with van der Waals surface area (Å²) >= 11 is 0. The van der Waals surface area contributed by atoms with Crippen molar-refractivity contribution in [3.05, 3.63) is 65.0 Å². The van der Waals surface area contributed by atoms with E-state index in [0.29, 0.717) is 17.7 Å². The van der Waals surface area contributed by atoms with Crippen LogP contribution in [0.1, 0.15) is 16.7 Å². The minimum Gasteiger partial charge on any atom is -0.384 e. The molecule has 3 nitrogen and oxygen atoms in total. The first kappa shape index (κ1) is 14.1. The molecule has 0 atom stereocenters. The summed E-state index contributed by atoms with van der Waals surface area (Å²) in [7, 11) is 1.88. The molecule has 2 aromatic carbocycles. The summed E-state index contributed by atoms with van der Waals surface area (Å²) < 4.78 is 13.7. The molecule has 0 spiro atoms. The molecule has 0 fully saturated rings. The van der Waals surface area contributed by atoms with Gasteiger partial charge in [-0.3, -0.25) is 5.41 Å². The Hall–Kier alpha value is -2.36. The van der Waals surface area contributed by atoms with Gasteiger partial charge in [0, 0.05) is 24.7 Å². The Morgan fingerprint density at radius 2 is 1.90 bits per heavy atom. The van der Waals surface area contributed by atoms with Crippen molar-refractivity contribution in [2.24, 2.45) is 5.73 Å². The van der Waals surface area contributed by atoms with Crippen molar-refractivity contribution in [3.8, 4) is 0 Å². The third-order valence-electron chi connectivity index (χ3n) is 3.28. The van der Waals surface area contributed by atoms with Gasteiger partial charge < -0.3 is 10.6 Å². The van der Waals surface area contributed by atoms with Gasteiger partial charge in [-0.2, -0.15) is 0 Å². The summed E-state index contributed by atoms with van der Waals surface area (Å²) in [5.74, 6) is -0.207. The maximum absolute atomic E-state index is 13.7. The molecule has 0 saturated heterocycles. The third-order valence-corrected chi connectivity index (χ3v) is 3.28. The number of anilines is 1. The molecule has 4 heteroatoms. The molecule has 0 heterocycles. The zero-order valence-corrected chi connectivity index (χ0v) is 11.7. The fourth-order valence-corrected chi connectivity index (χ4v) is 2.34. The monoisotopic (exact) mass is 271 g/mol. The van der Waals surface area contributed by atoms with Crippen molar-refractivity contribution >= 4 is 11.5 Å². The van der Waals surface area contributed by atoms with Crippen LogP contribution in [0.15, 0.2) is 42.5 Å². The number of nitrogen functional groups attached to an aromatic ring is 1. The molecule has 104 valence electrons. The van der Waals surface area contributed by atoms with Crippen LogP contribution in [0.4, 0.5) is 10.1 Å². The number of benzene rings is 2. The van der Waals surface area contributed by atoms with Crippen molar-refractivity contribution in [1.82, 2.24) is 0 Å². The van der Waals surface area contributed by atoms with Gasteiger partial charge >= 0.3 is 0 Å². The minimum absolute atomic E-state index is 0.0177. The molecule has 2 rings (SSSR count). The van der Waals surface area contributed by atoms with Crippen LogP contribution in [0.5, 0.6) is 0 Å². The third kappa shape index (κ3) is 2.79. The van der Waals surface area contributed by atoms with Crippen LogP contribution < -0.4 is 10.6 Å². The van der Waals surface area contributed by atoms with Crippen molar-refractivity contribution < 1.29 is 4.39 Å². The Morgan fingerprint density at radius 3 is 2.55 bits per heavy atom. The first-order valence-corrected chi connectivity index (χ1v) is 6.39. The second-order valence-corrected chi connectivity index (χ2v) is 4.83. The first-order valence-electron chi connectivity index (χ1n) is 6.39. The molecule has 0 unspecified atom stereocenters. The Labute approximate surface area is 118 Å². The van der Waals surface area contributed by atoms with Gasteiger partial charge in [0.15, 0.2) is 0 Å². The molecule has 3 N–H and O–H groups in total. The quantitative estimate of drug-likeness (QED) is 0.663. The number of rotatable bonds is 4. The predicted molar refractivity (Wildman–Crippen MR) is 80.7 cm³/mol. The molecule has 0 aliphatic carbocycles. The average Bonchev–Trinajstić information content (AvgIpc) is 2.40. The lowest BCUT2D eigenvalue weighted by Gasteiger charge is -2.24. The number of nitrogens with one attached hydrogen (secondary N) is 1. The summed E-state index contributed by atoms with van der Waals surface area (Å²) in [4.78, 5) is 1.92. The zero-order chi connectivity index (χ0) is 14.7. The maximum atomic E-state index is 13.7. The molecule has 0 radical (unpaired) electrons. The fraction of sp³-hybridized carbons (Fsp3) is 0.188. The van der Waals surface area contributed by atoms with E-state index < -0.39 is 0 Å². The smallest absolute Gasteiger partial charge is 0.128 e. The minimum atomic E-state index is -0.225. The van der Waals surface area contributed by atoms with E-state index in [9.17, 15) is 4.39 Å². The fourth-order valence-electron chi connectivity index (χ4n) is 2.34. The number of halogens is 1.